The molecule has 7 heteroatoms. The molecule has 1 aliphatic heterocycles. The number of nitrogens with one attached hydrogen (secondary N) is 1. The summed E-state index contributed by atoms with van der Waals surface area (Å²) in [5.74, 6) is 0.626. The fraction of sp³-hybridized carbons (Fsp3) is 0.579. The standard InChI is InChI=1S/C19H29N3O4/c1-4-5-6-14(11-20)21-19(24)13-7-18(23)22(12-13)15-8-16(25-2)10-17(9-15)26-3/h8-10,13-14H,4-7,11-12,20H2,1-3H3,(H,21,24). The highest BCUT2D eigenvalue weighted by atomic mass is 16.5. The summed E-state index contributed by atoms with van der Waals surface area (Å²) in [7, 11) is 3.12. The molecule has 0 radical (unpaired) electrons. The predicted octanol–water partition coefficient (Wildman–Crippen LogP) is 1.69. The molecule has 0 bridgehead atoms. The summed E-state index contributed by atoms with van der Waals surface area (Å²) in [5.41, 5.74) is 6.42. The van der Waals surface area contributed by atoms with Crippen molar-refractivity contribution in [1.82, 2.24) is 5.32 Å². The summed E-state index contributed by atoms with van der Waals surface area (Å²) in [5, 5.41) is 2.99. The number of carbonyl (C=O) groups excluding carboxylic acids is 2. The van der Waals surface area contributed by atoms with Crippen molar-refractivity contribution in [2.24, 2.45) is 11.7 Å². The molecular formula is C19H29N3O4. The molecule has 0 aliphatic carbocycles. The highest BCUT2D eigenvalue weighted by Crippen LogP contribution is 2.32. The number of hydrogen-bond donors (Lipinski definition) is 2. The lowest BCUT2D eigenvalue weighted by molar-refractivity contribution is -0.126. The molecule has 1 aromatic rings. The normalized spacial score (nSPS) is 17.9. The Morgan fingerprint density at radius 1 is 1.31 bits per heavy atom. The minimum absolute atomic E-state index is 0.0384. The van der Waals surface area contributed by atoms with E-state index in [-0.39, 0.29) is 30.2 Å². The second-order valence-corrected chi connectivity index (χ2v) is 6.56. The SMILES string of the molecule is CCCCC(CN)NC(=O)C1CC(=O)N(c2cc(OC)cc(OC)c2)C1. The molecule has 26 heavy (non-hydrogen) atoms. The van der Waals surface area contributed by atoms with Gasteiger partial charge in [-0.25, -0.2) is 0 Å². The van der Waals surface area contributed by atoms with Crippen LogP contribution < -0.4 is 25.4 Å². The van der Waals surface area contributed by atoms with Crippen LogP contribution in [0.15, 0.2) is 18.2 Å². The first kappa shape index (κ1) is 20.0. The van der Waals surface area contributed by atoms with Gasteiger partial charge in [0.25, 0.3) is 0 Å². The van der Waals surface area contributed by atoms with Gasteiger partial charge in [-0.1, -0.05) is 19.8 Å². The first-order chi connectivity index (χ1) is 12.5. The summed E-state index contributed by atoms with van der Waals surface area (Å²) in [4.78, 5) is 26.6. The van der Waals surface area contributed by atoms with Gasteiger partial charge in [0.2, 0.25) is 11.8 Å². The van der Waals surface area contributed by atoms with E-state index in [1.807, 2.05) is 0 Å². The summed E-state index contributed by atoms with van der Waals surface area (Å²) in [6.07, 6.45) is 3.12. The topological polar surface area (TPSA) is 93.9 Å². The van der Waals surface area contributed by atoms with Gasteiger partial charge in [-0.3, -0.25) is 9.59 Å². The smallest absolute Gasteiger partial charge is 0.227 e. The van der Waals surface area contributed by atoms with E-state index in [4.69, 9.17) is 15.2 Å². The minimum Gasteiger partial charge on any atom is -0.497 e. The highest BCUT2D eigenvalue weighted by molar-refractivity contribution is 6.00. The van der Waals surface area contributed by atoms with Gasteiger partial charge in [-0.2, -0.15) is 0 Å². The molecule has 3 N–H and O–H groups in total. The largest absolute Gasteiger partial charge is 0.497 e. The highest BCUT2D eigenvalue weighted by Gasteiger charge is 2.36. The van der Waals surface area contributed by atoms with E-state index in [1.165, 1.54) is 0 Å². The number of rotatable bonds is 9. The van der Waals surface area contributed by atoms with Crippen molar-refractivity contribution in [1.29, 1.82) is 0 Å². The molecule has 2 unspecified atom stereocenters. The molecule has 0 spiro atoms. The second-order valence-electron chi connectivity index (χ2n) is 6.56. The summed E-state index contributed by atoms with van der Waals surface area (Å²) in [6.45, 7) is 2.85. The van der Waals surface area contributed by atoms with E-state index in [2.05, 4.69) is 12.2 Å². The Morgan fingerprint density at radius 3 is 2.50 bits per heavy atom. The summed E-state index contributed by atoms with van der Waals surface area (Å²) in [6, 6.07) is 5.24. The quantitative estimate of drug-likeness (QED) is 0.696. The number of unbranched alkanes of at least 4 members (excludes halogenated alkanes) is 1. The molecule has 1 saturated heterocycles. The van der Waals surface area contributed by atoms with Crippen molar-refractivity contribution >= 4 is 17.5 Å². The fourth-order valence-electron chi connectivity index (χ4n) is 3.10. The molecule has 2 amide bonds. The van der Waals surface area contributed by atoms with Crippen LogP contribution in [0.3, 0.4) is 0 Å². The van der Waals surface area contributed by atoms with Gasteiger partial charge in [0, 0.05) is 43.8 Å². The van der Waals surface area contributed by atoms with Crippen LogP contribution in [-0.4, -0.2) is 45.2 Å². The number of benzene rings is 1. The summed E-state index contributed by atoms with van der Waals surface area (Å²) < 4.78 is 10.5. The Labute approximate surface area is 154 Å². The molecule has 0 aromatic heterocycles. The van der Waals surface area contributed by atoms with Crippen molar-refractivity contribution in [3.63, 3.8) is 0 Å². The third-order valence-corrected chi connectivity index (χ3v) is 4.68. The maximum Gasteiger partial charge on any atom is 0.227 e. The van der Waals surface area contributed by atoms with Gasteiger partial charge in [0.1, 0.15) is 11.5 Å². The Kier molecular flexibility index (Phi) is 7.26. The average Bonchev–Trinajstić information content (AvgIpc) is 3.06. The number of nitrogens with two attached hydrogens (primary N) is 1. The van der Waals surface area contributed by atoms with Crippen LogP contribution >= 0.6 is 0 Å². The van der Waals surface area contributed by atoms with Gasteiger partial charge >= 0.3 is 0 Å². The second kappa shape index (κ2) is 9.43. The van der Waals surface area contributed by atoms with Crippen molar-refractivity contribution in [3.05, 3.63) is 18.2 Å². The van der Waals surface area contributed by atoms with Crippen LogP contribution in [0.2, 0.25) is 0 Å². The molecule has 1 heterocycles. The molecule has 1 aliphatic rings. The molecular weight excluding hydrogens is 334 g/mol. The van der Waals surface area contributed by atoms with Crippen molar-refractivity contribution in [2.75, 3.05) is 32.2 Å². The van der Waals surface area contributed by atoms with Gasteiger partial charge in [-0.15, -0.1) is 0 Å². The van der Waals surface area contributed by atoms with E-state index in [0.717, 1.165) is 19.3 Å². The van der Waals surface area contributed by atoms with E-state index >= 15 is 0 Å². The lowest BCUT2D eigenvalue weighted by Gasteiger charge is -2.20. The third-order valence-electron chi connectivity index (χ3n) is 4.68. The number of carbonyl (C=O) groups is 2. The molecule has 0 saturated carbocycles. The van der Waals surface area contributed by atoms with Crippen molar-refractivity contribution in [3.8, 4) is 11.5 Å². The monoisotopic (exact) mass is 363 g/mol. The maximum absolute atomic E-state index is 12.6. The fourth-order valence-corrected chi connectivity index (χ4v) is 3.10. The molecule has 7 nitrogen and oxygen atoms in total. The molecule has 2 atom stereocenters. The van der Waals surface area contributed by atoms with Crippen LogP contribution in [0.4, 0.5) is 5.69 Å². The Morgan fingerprint density at radius 2 is 1.96 bits per heavy atom. The maximum atomic E-state index is 12.6. The van der Waals surface area contributed by atoms with Gasteiger partial charge in [0.05, 0.1) is 25.8 Å². The van der Waals surface area contributed by atoms with Crippen molar-refractivity contribution in [2.45, 2.75) is 38.6 Å². The Hall–Kier alpha value is -2.28. The number of amides is 2. The van der Waals surface area contributed by atoms with E-state index in [0.29, 0.717) is 30.3 Å². The first-order valence-electron chi connectivity index (χ1n) is 9.06. The van der Waals surface area contributed by atoms with Crippen LogP contribution in [0, 0.1) is 5.92 Å². The molecule has 1 fully saturated rings. The minimum atomic E-state index is -0.379. The van der Waals surface area contributed by atoms with Crippen LogP contribution in [0.1, 0.15) is 32.6 Å². The van der Waals surface area contributed by atoms with Crippen LogP contribution in [-0.2, 0) is 9.59 Å². The predicted molar refractivity (Wildman–Crippen MR) is 101 cm³/mol. The Balaban J connectivity index is 2.07. The molecule has 1 aromatic carbocycles. The third kappa shape index (κ3) is 4.88. The van der Waals surface area contributed by atoms with Gasteiger partial charge < -0.3 is 25.4 Å². The zero-order valence-electron chi connectivity index (χ0n) is 15.8. The van der Waals surface area contributed by atoms with Gasteiger partial charge in [-0.05, 0) is 6.42 Å². The van der Waals surface area contributed by atoms with Crippen LogP contribution in [0.5, 0.6) is 11.5 Å². The lowest BCUT2D eigenvalue weighted by atomic mass is 10.1. The lowest BCUT2D eigenvalue weighted by Crippen LogP contribution is -2.43. The van der Waals surface area contributed by atoms with E-state index in [1.54, 1.807) is 37.3 Å². The molecule has 144 valence electrons. The number of ether oxygens (including phenoxy) is 2. The van der Waals surface area contributed by atoms with Crippen LogP contribution in [0.25, 0.3) is 0 Å². The number of methoxy groups -OCH3 is 2. The van der Waals surface area contributed by atoms with Gasteiger partial charge in [0.15, 0.2) is 0 Å². The first-order valence-corrected chi connectivity index (χ1v) is 9.06. The Bertz CT molecular complexity index is 613. The van der Waals surface area contributed by atoms with E-state index in [9.17, 15) is 9.59 Å². The zero-order valence-corrected chi connectivity index (χ0v) is 15.8. The number of hydrogen-bond acceptors (Lipinski definition) is 5. The average molecular weight is 363 g/mol. The molecule has 2 rings (SSSR count). The van der Waals surface area contributed by atoms with Crippen molar-refractivity contribution < 1.29 is 19.1 Å². The van der Waals surface area contributed by atoms with E-state index < -0.39 is 0 Å². The number of nitrogens with zero attached hydrogens (tertiary/aromatic N) is 1. The zero-order chi connectivity index (χ0) is 19.1. The summed E-state index contributed by atoms with van der Waals surface area (Å²) >= 11 is 0. The number of anilines is 1.